The smallest absolute Gasteiger partial charge is 0.243 e. The van der Waals surface area contributed by atoms with Gasteiger partial charge in [-0.2, -0.15) is 0 Å². The van der Waals surface area contributed by atoms with Gasteiger partial charge in [-0.1, -0.05) is 87.4 Å². The van der Waals surface area contributed by atoms with Crippen molar-refractivity contribution in [1.82, 2.24) is 21.3 Å². The van der Waals surface area contributed by atoms with Crippen molar-refractivity contribution in [2.45, 2.75) is 76.5 Å². The highest BCUT2D eigenvalue weighted by molar-refractivity contribution is 5.97. The fraction of sp³-hybridized carbons (Fsp3) is 0.429. The van der Waals surface area contributed by atoms with E-state index in [0.717, 1.165) is 11.1 Å². The van der Waals surface area contributed by atoms with Crippen LogP contribution in [0.4, 0.5) is 0 Å². The van der Waals surface area contributed by atoms with E-state index in [9.17, 15) is 19.2 Å². The molecule has 1 heterocycles. The van der Waals surface area contributed by atoms with Gasteiger partial charge in [0.05, 0.1) is 0 Å². The SMILES string of the molecule is CCC[C@@H]1NC(=O)[C@@H](CCC)NC(=O)[C@@H](Cc2ccccc2)NC(=O)[C@@H](Cc2ccccc2)NC1=O. The molecule has 3 rings (SSSR count). The van der Waals surface area contributed by atoms with Gasteiger partial charge < -0.3 is 21.3 Å². The molecule has 4 N–H and O–H groups in total. The van der Waals surface area contributed by atoms with E-state index in [4.69, 9.17) is 0 Å². The van der Waals surface area contributed by atoms with E-state index in [2.05, 4.69) is 21.3 Å². The van der Waals surface area contributed by atoms with Gasteiger partial charge in [0.15, 0.2) is 0 Å². The van der Waals surface area contributed by atoms with E-state index in [1.807, 2.05) is 74.5 Å². The van der Waals surface area contributed by atoms with Gasteiger partial charge in [-0.25, -0.2) is 0 Å². The maximum atomic E-state index is 13.5. The van der Waals surface area contributed by atoms with Crippen LogP contribution < -0.4 is 21.3 Å². The zero-order chi connectivity index (χ0) is 25.9. The van der Waals surface area contributed by atoms with E-state index in [1.165, 1.54) is 0 Å². The summed E-state index contributed by atoms with van der Waals surface area (Å²) in [5, 5.41) is 11.3. The van der Waals surface area contributed by atoms with Crippen molar-refractivity contribution < 1.29 is 19.2 Å². The fourth-order valence-electron chi connectivity index (χ4n) is 4.32. The Morgan fingerprint density at radius 3 is 1.14 bits per heavy atom. The molecule has 1 fully saturated rings. The molecular weight excluding hydrogens is 456 g/mol. The van der Waals surface area contributed by atoms with Crippen LogP contribution in [0.15, 0.2) is 60.7 Å². The standard InChI is InChI=1S/C28H36N4O4/c1-3-11-21-25(33)29-22(12-4-2)26(34)31-24(18-20-15-9-6-10-16-20)28(36)32-23(27(35)30-21)17-19-13-7-5-8-14-19/h5-10,13-16,21-24H,3-4,11-12,17-18H2,1-2H3,(H,29,33)(H,30,35)(H,31,34)(H,32,36)/t21-,22+,23-,24-/m1/s1. The highest BCUT2D eigenvalue weighted by Gasteiger charge is 2.33. The van der Waals surface area contributed by atoms with E-state index >= 15 is 0 Å². The first-order chi connectivity index (χ1) is 17.4. The Balaban J connectivity index is 1.94. The van der Waals surface area contributed by atoms with Crippen LogP contribution >= 0.6 is 0 Å². The molecule has 1 aliphatic rings. The molecule has 1 saturated heterocycles. The molecule has 0 unspecified atom stereocenters. The molecule has 2 aromatic rings. The highest BCUT2D eigenvalue weighted by Crippen LogP contribution is 2.10. The van der Waals surface area contributed by atoms with Gasteiger partial charge in [0.25, 0.3) is 0 Å². The number of carbonyl (C=O) groups excluding carboxylic acids is 4. The van der Waals surface area contributed by atoms with Crippen molar-refractivity contribution in [1.29, 1.82) is 0 Å². The molecule has 0 radical (unpaired) electrons. The molecule has 0 saturated carbocycles. The number of carbonyl (C=O) groups is 4. The Kier molecular flexibility index (Phi) is 10.0. The second-order valence-electron chi connectivity index (χ2n) is 9.20. The maximum absolute atomic E-state index is 13.5. The largest absolute Gasteiger partial charge is 0.343 e. The lowest BCUT2D eigenvalue weighted by atomic mass is 10.0. The molecule has 0 spiro atoms. The normalized spacial score (nSPS) is 23.4. The molecule has 36 heavy (non-hydrogen) atoms. The van der Waals surface area contributed by atoms with E-state index in [0.29, 0.717) is 25.7 Å². The molecule has 1 aliphatic heterocycles. The second-order valence-corrected chi connectivity index (χ2v) is 9.20. The Bertz CT molecular complexity index is 985. The molecule has 0 bridgehead atoms. The highest BCUT2D eigenvalue weighted by atomic mass is 16.2. The Labute approximate surface area is 212 Å². The lowest BCUT2D eigenvalue weighted by Gasteiger charge is -2.29. The van der Waals surface area contributed by atoms with Crippen molar-refractivity contribution in [3.8, 4) is 0 Å². The van der Waals surface area contributed by atoms with Crippen LogP contribution in [-0.4, -0.2) is 47.8 Å². The summed E-state index contributed by atoms with van der Waals surface area (Å²) in [4.78, 5) is 53.1. The van der Waals surface area contributed by atoms with Gasteiger partial charge in [0, 0.05) is 12.8 Å². The quantitative estimate of drug-likeness (QED) is 0.451. The summed E-state index contributed by atoms with van der Waals surface area (Å²) in [5.74, 6) is -1.69. The minimum Gasteiger partial charge on any atom is -0.343 e. The first kappa shape index (κ1) is 26.9. The van der Waals surface area contributed by atoms with Crippen LogP contribution in [0, 0.1) is 0 Å². The molecule has 8 nitrogen and oxygen atoms in total. The first-order valence-electron chi connectivity index (χ1n) is 12.7. The van der Waals surface area contributed by atoms with Gasteiger partial charge in [-0.05, 0) is 24.0 Å². The van der Waals surface area contributed by atoms with Crippen LogP contribution in [0.25, 0.3) is 0 Å². The lowest BCUT2D eigenvalue weighted by Crippen LogP contribution is -2.62. The van der Waals surface area contributed by atoms with Crippen molar-refractivity contribution in [2.24, 2.45) is 0 Å². The summed E-state index contributed by atoms with van der Waals surface area (Å²) in [5.41, 5.74) is 1.74. The van der Waals surface area contributed by atoms with Gasteiger partial charge in [-0.15, -0.1) is 0 Å². The Morgan fingerprint density at radius 2 is 0.806 bits per heavy atom. The number of hydrogen-bond donors (Lipinski definition) is 4. The number of hydrogen-bond acceptors (Lipinski definition) is 4. The van der Waals surface area contributed by atoms with Crippen molar-refractivity contribution in [2.75, 3.05) is 0 Å². The Hall–Kier alpha value is -3.68. The molecule has 2 aromatic carbocycles. The molecule has 0 aliphatic carbocycles. The van der Waals surface area contributed by atoms with E-state index in [-0.39, 0.29) is 12.8 Å². The zero-order valence-electron chi connectivity index (χ0n) is 21.0. The van der Waals surface area contributed by atoms with E-state index in [1.54, 1.807) is 0 Å². The minimum absolute atomic E-state index is 0.253. The van der Waals surface area contributed by atoms with Gasteiger partial charge in [0.2, 0.25) is 23.6 Å². The third-order valence-corrected chi connectivity index (χ3v) is 6.25. The van der Waals surface area contributed by atoms with Crippen LogP contribution in [0.3, 0.4) is 0 Å². The average Bonchev–Trinajstić information content (AvgIpc) is 2.88. The number of amides is 4. The molecular formula is C28H36N4O4. The van der Waals surface area contributed by atoms with Crippen molar-refractivity contribution in [3.05, 3.63) is 71.8 Å². The van der Waals surface area contributed by atoms with Crippen LogP contribution in [0.5, 0.6) is 0 Å². The summed E-state index contributed by atoms with van der Waals surface area (Å²) in [6.45, 7) is 3.84. The zero-order valence-corrected chi connectivity index (χ0v) is 21.0. The fourth-order valence-corrected chi connectivity index (χ4v) is 4.32. The third kappa shape index (κ3) is 7.66. The monoisotopic (exact) mass is 492 g/mol. The van der Waals surface area contributed by atoms with Crippen molar-refractivity contribution >= 4 is 23.6 Å². The summed E-state index contributed by atoms with van der Waals surface area (Å²) >= 11 is 0. The lowest BCUT2D eigenvalue weighted by molar-refractivity contribution is -0.136. The Morgan fingerprint density at radius 1 is 0.500 bits per heavy atom. The number of rotatable bonds is 8. The minimum atomic E-state index is -0.909. The second kappa shape index (κ2) is 13.4. The van der Waals surface area contributed by atoms with Crippen molar-refractivity contribution in [3.63, 3.8) is 0 Å². The number of nitrogens with one attached hydrogen (secondary N) is 4. The molecule has 4 atom stereocenters. The van der Waals surface area contributed by atoms with Crippen LogP contribution in [-0.2, 0) is 32.0 Å². The van der Waals surface area contributed by atoms with E-state index < -0.39 is 47.8 Å². The summed E-state index contributed by atoms with van der Waals surface area (Å²) in [7, 11) is 0. The number of benzene rings is 2. The van der Waals surface area contributed by atoms with Gasteiger partial charge in [0.1, 0.15) is 24.2 Å². The summed E-state index contributed by atoms with van der Waals surface area (Å²) < 4.78 is 0. The molecule has 8 heteroatoms. The summed E-state index contributed by atoms with van der Waals surface area (Å²) in [6.07, 6.45) is 2.67. The van der Waals surface area contributed by atoms with Crippen LogP contribution in [0.1, 0.15) is 50.7 Å². The average molecular weight is 493 g/mol. The predicted octanol–water partition coefficient (Wildman–Crippen LogP) is 2.02. The molecule has 192 valence electrons. The molecule has 4 amide bonds. The van der Waals surface area contributed by atoms with Gasteiger partial charge >= 0.3 is 0 Å². The topological polar surface area (TPSA) is 116 Å². The molecule has 0 aromatic heterocycles. The predicted molar refractivity (Wildman–Crippen MR) is 138 cm³/mol. The third-order valence-electron chi connectivity index (χ3n) is 6.25. The first-order valence-corrected chi connectivity index (χ1v) is 12.7. The summed E-state index contributed by atoms with van der Waals surface area (Å²) in [6, 6.07) is 15.3. The van der Waals surface area contributed by atoms with Crippen LogP contribution in [0.2, 0.25) is 0 Å². The maximum Gasteiger partial charge on any atom is 0.243 e. The van der Waals surface area contributed by atoms with Gasteiger partial charge in [-0.3, -0.25) is 19.2 Å².